The van der Waals surface area contributed by atoms with Crippen molar-refractivity contribution in [1.82, 2.24) is 9.88 Å². The molecule has 7 heteroatoms. The number of piperidine rings is 1. The molecule has 1 saturated heterocycles. The van der Waals surface area contributed by atoms with Gasteiger partial charge in [0.05, 0.1) is 6.61 Å². The third-order valence-electron chi connectivity index (χ3n) is 3.10. The Bertz CT molecular complexity index is 413. The summed E-state index contributed by atoms with van der Waals surface area (Å²) in [5, 5.41) is 0.578. The predicted octanol–water partition coefficient (Wildman–Crippen LogP) is 2.06. The molecule has 2 heterocycles. The Kier molecular flexibility index (Phi) is 6.54. The Hall–Kier alpha value is -0.850. The molecular formula is C12H20ClN3O2S. The zero-order valence-corrected chi connectivity index (χ0v) is 12.6. The van der Waals surface area contributed by atoms with Gasteiger partial charge in [-0.25, -0.2) is 4.98 Å². The highest BCUT2D eigenvalue weighted by Crippen LogP contribution is 2.23. The molecule has 0 amide bonds. The van der Waals surface area contributed by atoms with E-state index in [1.54, 1.807) is 6.20 Å². The lowest BCUT2D eigenvalue weighted by molar-refractivity contribution is -0.151. The van der Waals surface area contributed by atoms with Gasteiger partial charge in [0.1, 0.15) is 6.04 Å². The number of nitrogens with zero attached hydrogens (tertiary/aromatic N) is 2. The van der Waals surface area contributed by atoms with Crippen molar-refractivity contribution in [2.24, 2.45) is 0 Å². The van der Waals surface area contributed by atoms with Crippen LogP contribution in [0, 0.1) is 0 Å². The van der Waals surface area contributed by atoms with Crippen LogP contribution in [0.15, 0.2) is 6.20 Å². The average Bonchev–Trinajstić information content (AvgIpc) is 2.76. The normalized spacial score (nSPS) is 19.7. The number of likely N-dealkylation sites (tertiary alicyclic amines) is 1. The first-order chi connectivity index (χ1) is 8.70. The zero-order chi connectivity index (χ0) is 13.0. The fourth-order valence-electron chi connectivity index (χ4n) is 2.28. The van der Waals surface area contributed by atoms with Crippen LogP contribution in [0.5, 0.6) is 0 Å². The van der Waals surface area contributed by atoms with Crippen molar-refractivity contribution in [3.05, 3.63) is 11.1 Å². The molecule has 1 aliphatic heterocycles. The van der Waals surface area contributed by atoms with E-state index in [-0.39, 0.29) is 24.4 Å². The van der Waals surface area contributed by atoms with Crippen LogP contribution in [0.1, 0.15) is 31.1 Å². The van der Waals surface area contributed by atoms with Crippen LogP contribution >= 0.6 is 23.7 Å². The number of nitrogen functional groups attached to an aromatic ring is 1. The van der Waals surface area contributed by atoms with Crippen molar-refractivity contribution in [3.63, 3.8) is 0 Å². The van der Waals surface area contributed by atoms with E-state index in [1.807, 2.05) is 6.92 Å². The lowest BCUT2D eigenvalue weighted by Crippen LogP contribution is -2.44. The van der Waals surface area contributed by atoms with Gasteiger partial charge in [-0.1, -0.05) is 6.42 Å². The van der Waals surface area contributed by atoms with Gasteiger partial charge in [-0.05, 0) is 26.3 Å². The number of halogens is 1. The van der Waals surface area contributed by atoms with Crippen LogP contribution in [0.3, 0.4) is 0 Å². The highest BCUT2D eigenvalue weighted by atomic mass is 35.5. The fourth-order valence-corrected chi connectivity index (χ4v) is 2.99. The first-order valence-corrected chi connectivity index (χ1v) is 7.13. The maximum Gasteiger partial charge on any atom is 0.323 e. The summed E-state index contributed by atoms with van der Waals surface area (Å²) in [6.07, 6.45) is 4.89. The predicted molar refractivity (Wildman–Crippen MR) is 78.5 cm³/mol. The SMILES string of the molecule is CCOC(=O)C1CCCCN1Cc1cnc(N)s1.Cl. The summed E-state index contributed by atoms with van der Waals surface area (Å²) in [6.45, 7) is 3.95. The second kappa shape index (κ2) is 7.67. The smallest absolute Gasteiger partial charge is 0.323 e. The van der Waals surface area contributed by atoms with E-state index in [0.717, 1.165) is 37.2 Å². The maximum absolute atomic E-state index is 11.9. The average molecular weight is 306 g/mol. The number of esters is 1. The molecule has 0 spiro atoms. The molecule has 1 unspecified atom stereocenters. The number of anilines is 1. The van der Waals surface area contributed by atoms with Gasteiger partial charge < -0.3 is 10.5 Å². The second-order valence-corrected chi connectivity index (χ2v) is 5.55. The molecule has 19 heavy (non-hydrogen) atoms. The fraction of sp³-hybridized carbons (Fsp3) is 0.667. The summed E-state index contributed by atoms with van der Waals surface area (Å²) in [5.74, 6) is -0.102. The van der Waals surface area contributed by atoms with E-state index >= 15 is 0 Å². The van der Waals surface area contributed by atoms with Crippen LogP contribution in [-0.4, -0.2) is 35.0 Å². The quantitative estimate of drug-likeness (QED) is 0.862. The molecule has 1 aromatic heterocycles. The lowest BCUT2D eigenvalue weighted by Gasteiger charge is -2.33. The highest BCUT2D eigenvalue weighted by Gasteiger charge is 2.29. The van der Waals surface area contributed by atoms with Crippen molar-refractivity contribution in [3.8, 4) is 0 Å². The minimum absolute atomic E-state index is 0. The van der Waals surface area contributed by atoms with E-state index in [4.69, 9.17) is 10.5 Å². The summed E-state index contributed by atoms with van der Waals surface area (Å²) < 4.78 is 5.14. The summed E-state index contributed by atoms with van der Waals surface area (Å²) in [7, 11) is 0. The monoisotopic (exact) mass is 305 g/mol. The Morgan fingerprint density at radius 2 is 2.42 bits per heavy atom. The van der Waals surface area contributed by atoms with Crippen LogP contribution in [-0.2, 0) is 16.1 Å². The van der Waals surface area contributed by atoms with Gasteiger partial charge in [-0.15, -0.1) is 23.7 Å². The maximum atomic E-state index is 11.9. The number of nitrogens with two attached hydrogens (primary N) is 1. The van der Waals surface area contributed by atoms with Gasteiger partial charge in [0.25, 0.3) is 0 Å². The van der Waals surface area contributed by atoms with Crippen LogP contribution in [0.4, 0.5) is 5.13 Å². The lowest BCUT2D eigenvalue weighted by atomic mass is 10.0. The van der Waals surface area contributed by atoms with E-state index < -0.39 is 0 Å². The molecule has 0 radical (unpaired) electrons. The Morgan fingerprint density at radius 3 is 3.05 bits per heavy atom. The zero-order valence-electron chi connectivity index (χ0n) is 11.0. The second-order valence-electron chi connectivity index (χ2n) is 4.40. The van der Waals surface area contributed by atoms with Crippen molar-refractivity contribution in [2.75, 3.05) is 18.9 Å². The van der Waals surface area contributed by atoms with Gasteiger partial charge >= 0.3 is 5.97 Å². The van der Waals surface area contributed by atoms with Gasteiger partial charge in [-0.3, -0.25) is 9.69 Å². The number of aromatic nitrogens is 1. The molecule has 0 aromatic carbocycles. The van der Waals surface area contributed by atoms with E-state index in [0.29, 0.717) is 11.7 Å². The largest absolute Gasteiger partial charge is 0.465 e. The molecule has 1 atom stereocenters. The summed E-state index contributed by atoms with van der Waals surface area (Å²) >= 11 is 1.48. The van der Waals surface area contributed by atoms with Crippen LogP contribution in [0.2, 0.25) is 0 Å². The number of hydrogen-bond acceptors (Lipinski definition) is 6. The molecule has 1 aromatic rings. The molecule has 5 nitrogen and oxygen atoms in total. The number of thiazole rings is 1. The molecular weight excluding hydrogens is 286 g/mol. The molecule has 0 aliphatic carbocycles. The van der Waals surface area contributed by atoms with Crippen molar-refractivity contribution < 1.29 is 9.53 Å². The number of carbonyl (C=O) groups is 1. The number of carbonyl (C=O) groups excluding carboxylic acids is 1. The van der Waals surface area contributed by atoms with Crippen molar-refractivity contribution in [1.29, 1.82) is 0 Å². The van der Waals surface area contributed by atoms with Gasteiger partial charge in [0.2, 0.25) is 0 Å². The van der Waals surface area contributed by atoms with Gasteiger partial charge in [0, 0.05) is 17.6 Å². The Balaban J connectivity index is 0.00000180. The minimum Gasteiger partial charge on any atom is -0.465 e. The third-order valence-corrected chi connectivity index (χ3v) is 3.91. The molecule has 1 fully saturated rings. The third kappa shape index (κ3) is 4.33. The topological polar surface area (TPSA) is 68.5 Å². The summed E-state index contributed by atoms with van der Waals surface area (Å²) in [4.78, 5) is 19.2. The Morgan fingerprint density at radius 1 is 1.63 bits per heavy atom. The van der Waals surface area contributed by atoms with Gasteiger partial charge in [-0.2, -0.15) is 0 Å². The first-order valence-electron chi connectivity index (χ1n) is 6.31. The molecule has 2 N–H and O–H groups in total. The van der Waals surface area contributed by atoms with Crippen molar-refractivity contribution >= 4 is 34.8 Å². The Labute approximate surface area is 123 Å². The van der Waals surface area contributed by atoms with E-state index in [2.05, 4.69) is 9.88 Å². The number of hydrogen-bond donors (Lipinski definition) is 1. The molecule has 0 bridgehead atoms. The number of ether oxygens (including phenoxy) is 1. The van der Waals surface area contributed by atoms with E-state index in [9.17, 15) is 4.79 Å². The molecule has 0 saturated carbocycles. The molecule has 2 rings (SSSR count). The molecule has 108 valence electrons. The highest BCUT2D eigenvalue weighted by molar-refractivity contribution is 7.15. The minimum atomic E-state index is -0.109. The molecule has 1 aliphatic rings. The standard InChI is InChI=1S/C12H19N3O2S.ClH/c1-2-17-11(16)10-5-3-4-6-15(10)8-9-7-14-12(13)18-9;/h7,10H,2-6,8H2,1H3,(H2,13,14);1H. The van der Waals surface area contributed by atoms with Crippen LogP contribution < -0.4 is 5.73 Å². The van der Waals surface area contributed by atoms with Gasteiger partial charge in [0.15, 0.2) is 5.13 Å². The summed E-state index contributed by atoms with van der Waals surface area (Å²) in [5.41, 5.74) is 5.62. The number of rotatable bonds is 4. The van der Waals surface area contributed by atoms with E-state index in [1.165, 1.54) is 11.3 Å². The van der Waals surface area contributed by atoms with Crippen LogP contribution in [0.25, 0.3) is 0 Å². The summed E-state index contributed by atoms with van der Waals surface area (Å²) in [6, 6.07) is -0.109. The van der Waals surface area contributed by atoms with Crippen molar-refractivity contribution in [2.45, 2.75) is 38.8 Å². The first kappa shape index (κ1) is 16.2.